The van der Waals surface area contributed by atoms with Crippen LogP contribution >= 0.6 is 0 Å². The van der Waals surface area contributed by atoms with Crippen molar-refractivity contribution in [3.63, 3.8) is 0 Å². The molecule has 1 fully saturated rings. The average molecular weight is 263 g/mol. The van der Waals surface area contributed by atoms with Gasteiger partial charge in [0.05, 0.1) is 17.1 Å². The summed E-state index contributed by atoms with van der Waals surface area (Å²) in [6.07, 6.45) is 4.81. The van der Waals surface area contributed by atoms with E-state index in [4.69, 9.17) is 0 Å². The van der Waals surface area contributed by atoms with E-state index in [2.05, 4.69) is 5.32 Å². The van der Waals surface area contributed by atoms with Crippen molar-refractivity contribution in [2.75, 3.05) is 12.3 Å². The number of sulfone groups is 1. The molecule has 2 unspecified atom stereocenters. The normalized spacial score (nSPS) is 27.1. The van der Waals surface area contributed by atoms with Gasteiger partial charge in [-0.15, -0.1) is 0 Å². The Bertz CT molecular complexity index is 314. The van der Waals surface area contributed by atoms with Crippen LogP contribution in [0.5, 0.6) is 0 Å². The van der Waals surface area contributed by atoms with E-state index in [1.54, 1.807) is 13.8 Å². The fourth-order valence-corrected chi connectivity index (χ4v) is 3.02. The minimum absolute atomic E-state index is 0.0693. The summed E-state index contributed by atoms with van der Waals surface area (Å²) >= 11 is 0. The van der Waals surface area contributed by atoms with E-state index >= 15 is 0 Å². The summed E-state index contributed by atoms with van der Waals surface area (Å²) in [7, 11) is -2.97. The highest BCUT2D eigenvalue weighted by Gasteiger charge is 2.22. The van der Waals surface area contributed by atoms with Gasteiger partial charge in [0.25, 0.3) is 0 Å². The molecule has 1 aliphatic rings. The Morgan fingerprint density at radius 3 is 2.53 bits per heavy atom. The molecule has 0 amide bonds. The zero-order chi connectivity index (χ0) is 12.9. The molecule has 4 nitrogen and oxygen atoms in total. The van der Waals surface area contributed by atoms with Gasteiger partial charge in [0, 0.05) is 12.6 Å². The first-order chi connectivity index (χ1) is 7.93. The van der Waals surface area contributed by atoms with Crippen LogP contribution in [0.4, 0.5) is 0 Å². The third-order valence-electron chi connectivity index (χ3n) is 3.49. The molecule has 0 saturated heterocycles. The smallest absolute Gasteiger partial charge is 0.153 e. The standard InChI is InChI=1S/C12H25NO3S/c1-10(2)17(15,16)9-8-13-11-6-4-3-5-7-12(11)14/h10-14H,3-9H2,1-2H3. The van der Waals surface area contributed by atoms with Crippen molar-refractivity contribution in [1.29, 1.82) is 0 Å². The van der Waals surface area contributed by atoms with Gasteiger partial charge in [-0.05, 0) is 26.7 Å². The molecule has 0 spiro atoms. The second-order valence-corrected chi connectivity index (χ2v) is 7.86. The molecule has 1 aliphatic carbocycles. The number of hydrogen-bond donors (Lipinski definition) is 2. The van der Waals surface area contributed by atoms with Gasteiger partial charge in [-0.1, -0.05) is 19.3 Å². The zero-order valence-corrected chi connectivity index (χ0v) is 11.7. The van der Waals surface area contributed by atoms with Gasteiger partial charge in [-0.3, -0.25) is 0 Å². The first-order valence-corrected chi connectivity index (χ1v) is 8.28. The molecule has 5 heteroatoms. The zero-order valence-electron chi connectivity index (χ0n) is 10.9. The predicted octanol–water partition coefficient (Wildman–Crippen LogP) is 1.09. The van der Waals surface area contributed by atoms with Crippen LogP contribution in [0.3, 0.4) is 0 Å². The van der Waals surface area contributed by atoms with Gasteiger partial charge in [-0.25, -0.2) is 8.42 Å². The number of aliphatic hydroxyl groups excluding tert-OH is 1. The molecule has 1 saturated carbocycles. The number of nitrogens with one attached hydrogen (secondary N) is 1. The summed E-state index contributed by atoms with van der Waals surface area (Å²) in [6.45, 7) is 3.86. The molecule has 0 aromatic heterocycles. The fraction of sp³-hybridized carbons (Fsp3) is 1.00. The van der Waals surface area contributed by atoms with Crippen molar-refractivity contribution >= 4 is 9.84 Å². The SMILES string of the molecule is CC(C)S(=O)(=O)CCNC1CCCCCC1O. The van der Waals surface area contributed by atoms with Crippen LogP contribution in [-0.4, -0.2) is 43.2 Å². The molecule has 1 rings (SSSR count). The van der Waals surface area contributed by atoms with Crippen LogP contribution in [0.15, 0.2) is 0 Å². The van der Waals surface area contributed by atoms with Crippen LogP contribution in [0.1, 0.15) is 46.0 Å². The van der Waals surface area contributed by atoms with E-state index in [1.807, 2.05) is 0 Å². The first-order valence-electron chi connectivity index (χ1n) is 6.56. The minimum atomic E-state index is -2.97. The molecule has 17 heavy (non-hydrogen) atoms. The monoisotopic (exact) mass is 263 g/mol. The molecule has 2 atom stereocenters. The Morgan fingerprint density at radius 1 is 1.24 bits per heavy atom. The maximum Gasteiger partial charge on any atom is 0.153 e. The molecule has 0 aliphatic heterocycles. The van der Waals surface area contributed by atoms with Gasteiger partial charge in [-0.2, -0.15) is 0 Å². The quantitative estimate of drug-likeness (QED) is 0.729. The van der Waals surface area contributed by atoms with Crippen LogP contribution < -0.4 is 5.32 Å². The molecule has 2 N–H and O–H groups in total. The van der Waals surface area contributed by atoms with E-state index in [0.717, 1.165) is 25.7 Å². The van der Waals surface area contributed by atoms with Crippen LogP contribution in [-0.2, 0) is 9.84 Å². The Labute approximate surface area is 105 Å². The van der Waals surface area contributed by atoms with Crippen molar-refractivity contribution in [3.8, 4) is 0 Å². The van der Waals surface area contributed by atoms with Crippen molar-refractivity contribution in [2.24, 2.45) is 0 Å². The highest BCUT2D eigenvalue weighted by atomic mass is 32.2. The molecular weight excluding hydrogens is 238 g/mol. The van der Waals surface area contributed by atoms with Gasteiger partial charge >= 0.3 is 0 Å². The van der Waals surface area contributed by atoms with Gasteiger partial charge in [0.1, 0.15) is 0 Å². The largest absolute Gasteiger partial charge is 0.392 e. The van der Waals surface area contributed by atoms with Gasteiger partial charge in [0.15, 0.2) is 9.84 Å². The topological polar surface area (TPSA) is 66.4 Å². The van der Waals surface area contributed by atoms with E-state index < -0.39 is 9.84 Å². The third kappa shape index (κ3) is 4.94. The van der Waals surface area contributed by atoms with E-state index in [9.17, 15) is 13.5 Å². The summed E-state index contributed by atoms with van der Waals surface area (Å²) < 4.78 is 23.2. The molecule has 102 valence electrons. The van der Waals surface area contributed by atoms with Crippen molar-refractivity contribution in [3.05, 3.63) is 0 Å². The highest BCUT2D eigenvalue weighted by Crippen LogP contribution is 2.17. The summed E-state index contributed by atoms with van der Waals surface area (Å²) in [6, 6.07) is 0.0693. The molecular formula is C12H25NO3S. The maximum atomic E-state index is 11.6. The summed E-state index contributed by atoms with van der Waals surface area (Å²) in [4.78, 5) is 0. The first kappa shape index (κ1) is 14.9. The van der Waals surface area contributed by atoms with Crippen LogP contribution in [0.25, 0.3) is 0 Å². The highest BCUT2D eigenvalue weighted by molar-refractivity contribution is 7.92. The third-order valence-corrected chi connectivity index (χ3v) is 5.70. The summed E-state index contributed by atoms with van der Waals surface area (Å²) in [5.74, 6) is 0.161. The lowest BCUT2D eigenvalue weighted by Crippen LogP contribution is -2.41. The second-order valence-electron chi connectivity index (χ2n) is 5.18. The van der Waals surface area contributed by atoms with Crippen molar-refractivity contribution in [2.45, 2.75) is 63.3 Å². The molecule has 0 aromatic carbocycles. The van der Waals surface area contributed by atoms with Crippen molar-refractivity contribution in [1.82, 2.24) is 5.32 Å². The maximum absolute atomic E-state index is 11.6. The summed E-state index contributed by atoms with van der Waals surface area (Å²) in [5.41, 5.74) is 0. The Balaban J connectivity index is 2.34. The second kappa shape index (κ2) is 6.71. The van der Waals surface area contributed by atoms with E-state index in [1.165, 1.54) is 6.42 Å². The lowest BCUT2D eigenvalue weighted by Gasteiger charge is -2.22. The van der Waals surface area contributed by atoms with Gasteiger partial charge in [0.2, 0.25) is 0 Å². The van der Waals surface area contributed by atoms with Gasteiger partial charge < -0.3 is 10.4 Å². The molecule has 0 aromatic rings. The number of aliphatic hydroxyl groups is 1. The van der Waals surface area contributed by atoms with E-state index in [0.29, 0.717) is 6.54 Å². The average Bonchev–Trinajstić information content (AvgIpc) is 2.44. The number of rotatable bonds is 5. The fourth-order valence-electron chi connectivity index (χ4n) is 2.15. The summed E-state index contributed by atoms with van der Waals surface area (Å²) in [5, 5.41) is 12.8. The lowest BCUT2D eigenvalue weighted by atomic mass is 10.1. The Hall–Kier alpha value is -0.130. The van der Waals surface area contributed by atoms with Crippen LogP contribution in [0.2, 0.25) is 0 Å². The Kier molecular flexibility index (Phi) is 5.89. The molecule has 0 heterocycles. The lowest BCUT2D eigenvalue weighted by molar-refractivity contribution is 0.121. The van der Waals surface area contributed by atoms with Crippen molar-refractivity contribution < 1.29 is 13.5 Å². The molecule has 0 bridgehead atoms. The van der Waals surface area contributed by atoms with E-state index in [-0.39, 0.29) is 23.1 Å². The molecule has 0 radical (unpaired) electrons. The Morgan fingerprint density at radius 2 is 1.88 bits per heavy atom. The number of hydrogen-bond acceptors (Lipinski definition) is 4. The minimum Gasteiger partial charge on any atom is -0.392 e. The van der Waals surface area contributed by atoms with Crippen LogP contribution in [0, 0.1) is 0 Å². The predicted molar refractivity (Wildman–Crippen MR) is 69.8 cm³/mol.